The molecule has 0 fully saturated rings. The van der Waals surface area contributed by atoms with Gasteiger partial charge in [-0.25, -0.2) is 4.79 Å². The Labute approximate surface area is 137 Å². The van der Waals surface area contributed by atoms with Gasteiger partial charge in [-0.2, -0.15) is 0 Å². The molecule has 3 N–H and O–H groups in total. The van der Waals surface area contributed by atoms with Crippen LogP contribution in [0.4, 0.5) is 0 Å². The zero-order valence-electron chi connectivity index (χ0n) is 13.3. The number of carbonyl (C=O) groups excluding carboxylic acids is 1. The van der Waals surface area contributed by atoms with E-state index in [2.05, 4.69) is 15.3 Å². The molecule has 7 nitrogen and oxygen atoms in total. The summed E-state index contributed by atoms with van der Waals surface area (Å²) in [5.41, 5.74) is 2.03. The van der Waals surface area contributed by atoms with Gasteiger partial charge in [0, 0.05) is 6.54 Å². The van der Waals surface area contributed by atoms with Crippen molar-refractivity contribution in [3.05, 3.63) is 58.0 Å². The molecule has 3 rings (SSSR count). The Morgan fingerprint density at radius 2 is 1.88 bits per heavy atom. The monoisotopic (exact) mass is 327 g/mol. The molecule has 2 aromatic carbocycles. The Hall–Kier alpha value is -3.22. The second-order valence-electron chi connectivity index (χ2n) is 5.18. The number of carbonyl (C=O) groups is 1. The molecule has 0 aliphatic heterocycles. The number of amides is 1. The predicted molar refractivity (Wildman–Crippen MR) is 89.6 cm³/mol. The smallest absolute Gasteiger partial charge is 0.323 e. The van der Waals surface area contributed by atoms with E-state index in [0.29, 0.717) is 34.6 Å². The molecule has 1 aromatic heterocycles. The molecule has 1 heterocycles. The maximum absolute atomic E-state index is 12.4. The summed E-state index contributed by atoms with van der Waals surface area (Å²) in [4.78, 5) is 29.1. The molecule has 124 valence electrons. The summed E-state index contributed by atoms with van der Waals surface area (Å²) in [5.74, 6) is 0.953. The Balaban J connectivity index is 1.79. The van der Waals surface area contributed by atoms with Crippen LogP contribution in [0.15, 0.2) is 41.2 Å². The third-order valence-electron chi connectivity index (χ3n) is 3.70. The number of para-hydroxylation sites is 1. The number of benzene rings is 2. The molecular formula is C17H17N3O4. The van der Waals surface area contributed by atoms with Gasteiger partial charge in [0.2, 0.25) is 0 Å². The van der Waals surface area contributed by atoms with Gasteiger partial charge in [0.25, 0.3) is 5.91 Å². The lowest BCUT2D eigenvalue weighted by atomic mass is 10.1. The van der Waals surface area contributed by atoms with Crippen molar-refractivity contribution >= 4 is 16.9 Å². The molecule has 0 saturated heterocycles. The Kier molecular flexibility index (Phi) is 4.24. The summed E-state index contributed by atoms with van der Waals surface area (Å²) in [6, 6.07) is 10.6. The zero-order chi connectivity index (χ0) is 17.1. The SMILES string of the molecule is COc1ccc(CNC(=O)c2cccc3[nH]c(=O)[nH]c23)cc1OC. The van der Waals surface area contributed by atoms with Gasteiger partial charge in [-0.1, -0.05) is 12.1 Å². The highest BCUT2D eigenvalue weighted by molar-refractivity contribution is 6.04. The van der Waals surface area contributed by atoms with E-state index in [-0.39, 0.29) is 11.6 Å². The van der Waals surface area contributed by atoms with Crippen LogP contribution >= 0.6 is 0 Å². The molecule has 0 bridgehead atoms. The van der Waals surface area contributed by atoms with Crippen molar-refractivity contribution in [2.24, 2.45) is 0 Å². The topological polar surface area (TPSA) is 96.2 Å². The molecule has 0 spiro atoms. The van der Waals surface area contributed by atoms with Gasteiger partial charge in [-0.15, -0.1) is 0 Å². The second kappa shape index (κ2) is 6.49. The highest BCUT2D eigenvalue weighted by Crippen LogP contribution is 2.27. The number of imidazole rings is 1. The van der Waals surface area contributed by atoms with Crippen LogP contribution in [0.1, 0.15) is 15.9 Å². The molecule has 1 amide bonds. The minimum absolute atomic E-state index is 0.273. The van der Waals surface area contributed by atoms with E-state index in [1.165, 1.54) is 0 Å². The number of aromatic amines is 2. The van der Waals surface area contributed by atoms with Gasteiger partial charge in [0.1, 0.15) is 0 Å². The Morgan fingerprint density at radius 1 is 1.08 bits per heavy atom. The Morgan fingerprint density at radius 3 is 2.62 bits per heavy atom. The van der Waals surface area contributed by atoms with E-state index in [9.17, 15) is 9.59 Å². The molecule has 3 aromatic rings. The summed E-state index contributed by atoms with van der Waals surface area (Å²) >= 11 is 0. The fraction of sp³-hybridized carbons (Fsp3) is 0.176. The highest BCUT2D eigenvalue weighted by atomic mass is 16.5. The molecule has 0 saturated carbocycles. The average Bonchev–Trinajstić information content (AvgIpc) is 2.99. The fourth-order valence-electron chi connectivity index (χ4n) is 2.52. The van der Waals surface area contributed by atoms with Crippen LogP contribution in [0.3, 0.4) is 0 Å². The van der Waals surface area contributed by atoms with Crippen LogP contribution in [0, 0.1) is 0 Å². The normalized spacial score (nSPS) is 10.6. The quantitative estimate of drug-likeness (QED) is 0.666. The lowest BCUT2D eigenvalue weighted by Gasteiger charge is -2.10. The van der Waals surface area contributed by atoms with E-state index < -0.39 is 0 Å². The van der Waals surface area contributed by atoms with Gasteiger partial charge < -0.3 is 24.8 Å². The van der Waals surface area contributed by atoms with Gasteiger partial charge >= 0.3 is 5.69 Å². The number of nitrogens with one attached hydrogen (secondary N) is 3. The third kappa shape index (κ3) is 2.96. The standard InChI is InChI=1S/C17H17N3O4/c1-23-13-7-6-10(8-14(13)24-2)9-18-16(21)11-4-3-5-12-15(11)20-17(22)19-12/h3-8H,9H2,1-2H3,(H,18,21)(H2,19,20,22). The van der Waals surface area contributed by atoms with Crippen molar-refractivity contribution in [3.8, 4) is 11.5 Å². The number of ether oxygens (including phenoxy) is 2. The maximum Gasteiger partial charge on any atom is 0.323 e. The number of fused-ring (bicyclic) bond motifs is 1. The highest BCUT2D eigenvalue weighted by Gasteiger charge is 2.12. The fourth-order valence-corrected chi connectivity index (χ4v) is 2.52. The van der Waals surface area contributed by atoms with Crippen LogP contribution in [0.25, 0.3) is 11.0 Å². The minimum Gasteiger partial charge on any atom is -0.493 e. The lowest BCUT2D eigenvalue weighted by molar-refractivity contribution is 0.0952. The van der Waals surface area contributed by atoms with E-state index in [4.69, 9.17) is 9.47 Å². The first-order chi connectivity index (χ1) is 11.6. The predicted octanol–water partition coefficient (Wildman–Crippen LogP) is 1.80. The average molecular weight is 327 g/mol. The zero-order valence-corrected chi connectivity index (χ0v) is 13.3. The maximum atomic E-state index is 12.4. The summed E-state index contributed by atoms with van der Waals surface area (Å²) in [6.07, 6.45) is 0. The first kappa shape index (κ1) is 15.7. The van der Waals surface area contributed by atoms with Gasteiger partial charge in [-0.05, 0) is 29.8 Å². The number of rotatable bonds is 5. The van der Waals surface area contributed by atoms with E-state index in [1.54, 1.807) is 44.6 Å². The minimum atomic E-state index is -0.342. The van der Waals surface area contributed by atoms with Crippen LogP contribution in [0.2, 0.25) is 0 Å². The summed E-state index contributed by atoms with van der Waals surface area (Å²) in [5, 5.41) is 2.83. The second-order valence-corrected chi connectivity index (χ2v) is 5.18. The van der Waals surface area contributed by atoms with Crippen LogP contribution in [-0.2, 0) is 6.54 Å². The molecule has 0 radical (unpaired) electrons. The molecule has 7 heteroatoms. The molecule has 24 heavy (non-hydrogen) atoms. The molecule has 0 aliphatic carbocycles. The van der Waals surface area contributed by atoms with Crippen molar-refractivity contribution in [1.82, 2.24) is 15.3 Å². The van der Waals surface area contributed by atoms with Crippen LogP contribution in [-0.4, -0.2) is 30.1 Å². The molecule has 0 atom stereocenters. The number of H-pyrrole nitrogens is 2. The first-order valence-electron chi connectivity index (χ1n) is 7.32. The molecular weight excluding hydrogens is 310 g/mol. The Bertz CT molecular complexity index is 942. The van der Waals surface area contributed by atoms with Gasteiger partial charge in [0.05, 0.1) is 30.8 Å². The van der Waals surface area contributed by atoms with Crippen molar-refractivity contribution in [1.29, 1.82) is 0 Å². The lowest BCUT2D eigenvalue weighted by Crippen LogP contribution is -2.23. The van der Waals surface area contributed by atoms with E-state index >= 15 is 0 Å². The number of hydrogen-bond acceptors (Lipinski definition) is 4. The van der Waals surface area contributed by atoms with Crippen molar-refractivity contribution in [2.45, 2.75) is 6.54 Å². The third-order valence-corrected chi connectivity index (χ3v) is 3.70. The van der Waals surface area contributed by atoms with E-state index in [0.717, 1.165) is 5.56 Å². The summed E-state index contributed by atoms with van der Waals surface area (Å²) < 4.78 is 10.4. The molecule has 0 aliphatic rings. The largest absolute Gasteiger partial charge is 0.493 e. The van der Waals surface area contributed by atoms with Crippen LogP contribution < -0.4 is 20.5 Å². The molecule has 0 unspecified atom stereocenters. The van der Waals surface area contributed by atoms with Crippen molar-refractivity contribution in [2.75, 3.05) is 14.2 Å². The number of methoxy groups -OCH3 is 2. The van der Waals surface area contributed by atoms with Crippen LogP contribution in [0.5, 0.6) is 11.5 Å². The van der Waals surface area contributed by atoms with Crippen molar-refractivity contribution in [3.63, 3.8) is 0 Å². The number of aromatic nitrogens is 2. The summed E-state index contributed by atoms with van der Waals surface area (Å²) in [6.45, 7) is 0.324. The first-order valence-corrected chi connectivity index (χ1v) is 7.32. The summed E-state index contributed by atoms with van der Waals surface area (Å²) in [7, 11) is 3.13. The van der Waals surface area contributed by atoms with Gasteiger partial charge in [-0.3, -0.25) is 4.79 Å². The van der Waals surface area contributed by atoms with E-state index in [1.807, 2.05) is 6.07 Å². The van der Waals surface area contributed by atoms with Gasteiger partial charge in [0.15, 0.2) is 11.5 Å². The van der Waals surface area contributed by atoms with Crippen molar-refractivity contribution < 1.29 is 14.3 Å². The number of hydrogen-bond donors (Lipinski definition) is 3.